The Morgan fingerprint density at radius 1 is 1.29 bits per heavy atom. The van der Waals surface area contributed by atoms with Gasteiger partial charge in [0, 0.05) is 37.8 Å². The van der Waals surface area contributed by atoms with Gasteiger partial charge in [-0.1, -0.05) is 0 Å². The molecule has 0 spiro atoms. The van der Waals surface area contributed by atoms with Gasteiger partial charge < -0.3 is 4.74 Å². The number of ketones is 1. The standard InChI is InChI=1S/C16H23FN2O2/c1-12(2)19-8-6-18(7-9-19)11-15(20)13-4-5-16(21-3)14(17)10-13/h4-5,10,12H,6-9,11H2,1-3H3. The van der Waals surface area contributed by atoms with E-state index in [1.54, 1.807) is 6.07 Å². The maximum Gasteiger partial charge on any atom is 0.176 e. The summed E-state index contributed by atoms with van der Waals surface area (Å²) in [6.45, 7) is 8.41. The smallest absolute Gasteiger partial charge is 0.176 e. The lowest BCUT2D eigenvalue weighted by molar-refractivity contribution is 0.0807. The Morgan fingerprint density at radius 3 is 2.48 bits per heavy atom. The van der Waals surface area contributed by atoms with Gasteiger partial charge in [-0.3, -0.25) is 14.6 Å². The zero-order chi connectivity index (χ0) is 15.4. The van der Waals surface area contributed by atoms with Crippen molar-refractivity contribution in [1.29, 1.82) is 0 Å². The molecule has 0 N–H and O–H groups in total. The quantitative estimate of drug-likeness (QED) is 0.778. The van der Waals surface area contributed by atoms with Crippen LogP contribution in [0.15, 0.2) is 18.2 Å². The molecule has 5 heteroatoms. The minimum absolute atomic E-state index is 0.0467. The van der Waals surface area contributed by atoms with Crippen molar-refractivity contribution in [3.63, 3.8) is 0 Å². The minimum atomic E-state index is -0.493. The van der Waals surface area contributed by atoms with E-state index >= 15 is 0 Å². The van der Waals surface area contributed by atoms with Gasteiger partial charge in [0.05, 0.1) is 13.7 Å². The Bertz CT molecular complexity index is 497. The molecule has 116 valence electrons. The summed E-state index contributed by atoms with van der Waals surface area (Å²) in [7, 11) is 1.41. The van der Waals surface area contributed by atoms with Crippen LogP contribution in [0.5, 0.6) is 5.75 Å². The second kappa shape index (κ2) is 7.00. The average molecular weight is 294 g/mol. The maximum atomic E-state index is 13.6. The molecule has 0 radical (unpaired) electrons. The minimum Gasteiger partial charge on any atom is -0.494 e. The highest BCUT2D eigenvalue weighted by atomic mass is 19.1. The van der Waals surface area contributed by atoms with E-state index < -0.39 is 5.82 Å². The SMILES string of the molecule is COc1ccc(C(=O)CN2CCN(C(C)C)CC2)cc1F. The molecule has 21 heavy (non-hydrogen) atoms. The Labute approximate surface area is 125 Å². The van der Waals surface area contributed by atoms with Crippen LogP contribution in [0.25, 0.3) is 0 Å². The number of benzene rings is 1. The number of rotatable bonds is 5. The fourth-order valence-corrected chi connectivity index (χ4v) is 2.57. The average Bonchev–Trinajstić information content (AvgIpc) is 2.47. The van der Waals surface area contributed by atoms with E-state index in [9.17, 15) is 9.18 Å². The fourth-order valence-electron chi connectivity index (χ4n) is 2.57. The first-order valence-electron chi connectivity index (χ1n) is 7.34. The van der Waals surface area contributed by atoms with Crippen LogP contribution in [0.4, 0.5) is 4.39 Å². The van der Waals surface area contributed by atoms with Gasteiger partial charge in [0.1, 0.15) is 0 Å². The normalized spacial score (nSPS) is 17.2. The van der Waals surface area contributed by atoms with E-state index in [1.165, 1.54) is 19.2 Å². The van der Waals surface area contributed by atoms with Crippen molar-refractivity contribution < 1.29 is 13.9 Å². The number of Topliss-reactive ketones (excluding diaryl/α,β-unsaturated/α-hetero) is 1. The third kappa shape index (κ3) is 4.02. The predicted octanol–water partition coefficient (Wildman–Crippen LogP) is 2.04. The van der Waals surface area contributed by atoms with Crippen LogP contribution >= 0.6 is 0 Å². The third-order valence-corrected chi connectivity index (χ3v) is 3.98. The molecule has 1 aliphatic rings. The molecular formula is C16H23FN2O2. The Morgan fingerprint density at radius 2 is 1.95 bits per heavy atom. The summed E-state index contributed by atoms with van der Waals surface area (Å²) in [6, 6.07) is 4.91. The third-order valence-electron chi connectivity index (χ3n) is 3.98. The van der Waals surface area contributed by atoms with Gasteiger partial charge >= 0.3 is 0 Å². The molecule has 0 aliphatic carbocycles. The molecule has 1 heterocycles. The first-order valence-corrected chi connectivity index (χ1v) is 7.34. The number of nitrogens with zero attached hydrogens (tertiary/aromatic N) is 2. The van der Waals surface area contributed by atoms with Crippen molar-refractivity contribution in [3.05, 3.63) is 29.6 Å². The van der Waals surface area contributed by atoms with Crippen molar-refractivity contribution in [1.82, 2.24) is 9.80 Å². The van der Waals surface area contributed by atoms with E-state index in [-0.39, 0.29) is 11.5 Å². The van der Waals surface area contributed by atoms with Crippen LogP contribution in [-0.2, 0) is 0 Å². The molecule has 1 aromatic carbocycles. The van der Waals surface area contributed by atoms with E-state index in [4.69, 9.17) is 4.74 Å². The number of hydrogen-bond acceptors (Lipinski definition) is 4. The summed E-state index contributed by atoms with van der Waals surface area (Å²) in [5, 5.41) is 0. The number of ether oxygens (including phenoxy) is 1. The second-order valence-electron chi connectivity index (χ2n) is 5.68. The maximum absolute atomic E-state index is 13.6. The molecule has 0 amide bonds. The first-order chi connectivity index (χ1) is 10.0. The van der Waals surface area contributed by atoms with Crippen LogP contribution in [0.3, 0.4) is 0 Å². The van der Waals surface area contributed by atoms with Crippen LogP contribution in [0, 0.1) is 5.82 Å². The zero-order valence-corrected chi connectivity index (χ0v) is 12.9. The number of methoxy groups -OCH3 is 1. The summed E-state index contributed by atoms with van der Waals surface area (Å²) < 4.78 is 18.5. The number of hydrogen-bond donors (Lipinski definition) is 0. The van der Waals surface area contributed by atoms with Crippen LogP contribution < -0.4 is 4.74 Å². The lowest BCUT2D eigenvalue weighted by Gasteiger charge is -2.36. The van der Waals surface area contributed by atoms with Crippen molar-refractivity contribution in [2.24, 2.45) is 0 Å². The summed E-state index contributed by atoms with van der Waals surface area (Å²) in [5.41, 5.74) is 0.402. The van der Waals surface area contributed by atoms with Crippen molar-refractivity contribution in [3.8, 4) is 5.75 Å². The largest absolute Gasteiger partial charge is 0.494 e. The molecule has 0 unspecified atom stereocenters. The summed E-state index contributed by atoms with van der Waals surface area (Å²) in [4.78, 5) is 16.7. The van der Waals surface area contributed by atoms with E-state index in [2.05, 4.69) is 23.6 Å². The van der Waals surface area contributed by atoms with Gasteiger partial charge in [0.2, 0.25) is 0 Å². The van der Waals surface area contributed by atoms with Crippen LogP contribution in [-0.4, -0.2) is 61.5 Å². The highest BCUT2D eigenvalue weighted by Crippen LogP contribution is 2.18. The molecule has 1 saturated heterocycles. The molecule has 0 aromatic heterocycles. The molecule has 1 aliphatic heterocycles. The van der Waals surface area contributed by atoms with Gasteiger partial charge in [0.25, 0.3) is 0 Å². The highest BCUT2D eigenvalue weighted by Gasteiger charge is 2.21. The summed E-state index contributed by atoms with van der Waals surface area (Å²) >= 11 is 0. The molecule has 1 aromatic rings. The highest BCUT2D eigenvalue weighted by molar-refractivity contribution is 5.97. The van der Waals surface area contributed by atoms with Crippen molar-refractivity contribution in [2.45, 2.75) is 19.9 Å². The molecular weight excluding hydrogens is 271 g/mol. The topological polar surface area (TPSA) is 32.8 Å². The van der Waals surface area contributed by atoms with E-state index in [0.29, 0.717) is 18.2 Å². The number of carbonyl (C=O) groups excluding carboxylic acids is 1. The van der Waals surface area contributed by atoms with Gasteiger partial charge in [-0.2, -0.15) is 0 Å². The molecule has 1 fully saturated rings. The second-order valence-corrected chi connectivity index (χ2v) is 5.68. The summed E-state index contributed by atoms with van der Waals surface area (Å²) in [5.74, 6) is -0.375. The van der Waals surface area contributed by atoms with Crippen molar-refractivity contribution in [2.75, 3.05) is 39.8 Å². The fraction of sp³-hybridized carbons (Fsp3) is 0.562. The van der Waals surface area contributed by atoms with Gasteiger partial charge in [-0.15, -0.1) is 0 Å². The molecule has 4 nitrogen and oxygen atoms in total. The lowest BCUT2D eigenvalue weighted by Crippen LogP contribution is -2.50. The molecule has 0 atom stereocenters. The first kappa shape index (κ1) is 15.9. The molecule has 0 bridgehead atoms. The van der Waals surface area contributed by atoms with Gasteiger partial charge in [-0.25, -0.2) is 4.39 Å². The lowest BCUT2D eigenvalue weighted by atomic mass is 10.1. The number of carbonyl (C=O) groups is 1. The predicted molar refractivity (Wildman–Crippen MR) is 80.4 cm³/mol. The Balaban J connectivity index is 1.92. The van der Waals surface area contributed by atoms with Gasteiger partial charge in [-0.05, 0) is 32.0 Å². The van der Waals surface area contributed by atoms with Crippen LogP contribution in [0.1, 0.15) is 24.2 Å². The van der Waals surface area contributed by atoms with E-state index in [1.807, 2.05) is 0 Å². The Kier molecular flexibility index (Phi) is 5.31. The Hall–Kier alpha value is -1.46. The van der Waals surface area contributed by atoms with Gasteiger partial charge in [0.15, 0.2) is 17.3 Å². The van der Waals surface area contributed by atoms with E-state index in [0.717, 1.165) is 26.2 Å². The zero-order valence-electron chi connectivity index (χ0n) is 12.9. The summed E-state index contributed by atoms with van der Waals surface area (Å²) in [6.07, 6.45) is 0. The number of halogens is 1. The van der Waals surface area contributed by atoms with Crippen LogP contribution in [0.2, 0.25) is 0 Å². The molecule has 0 saturated carbocycles. The molecule has 2 rings (SSSR count). The number of piperazine rings is 1. The van der Waals surface area contributed by atoms with Crippen molar-refractivity contribution >= 4 is 5.78 Å². The monoisotopic (exact) mass is 294 g/mol.